The maximum atomic E-state index is 12.9. The summed E-state index contributed by atoms with van der Waals surface area (Å²) in [6.45, 7) is 0.680. The molecule has 0 radical (unpaired) electrons. The van der Waals surface area contributed by atoms with Crippen LogP contribution in [-0.2, 0) is 20.0 Å². The fraction of sp³-hybridized carbons (Fsp3) is 0.158. The minimum absolute atomic E-state index is 0.0704. The van der Waals surface area contributed by atoms with E-state index in [4.69, 9.17) is 11.6 Å². The van der Waals surface area contributed by atoms with E-state index in [0.29, 0.717) is 6.54 Å². The van der Waals surface area contributed by atoms with Crippen molar-refractivity contribution in [1.29, 1.82) is 0 Å². The van der Waals surface area contributed by atoms with E-state index in [1.807, 2.05) is 54.1 Å². The second-order valence-electron chi connectivity index (χ2n) is 6.28. The van der Waals surface area contributed by atoms with E-state index in [1.165, 1.54) is 5.56 Å². The molecule has 3 heterocycles. The summed E-state index contributed by atoms with van der Waals surface area (Å²) < 4.78 is 3.98. The van der Waals surface area contributed by atoms with Crippen molar-refractivity contribution >= 4 is 33.4 Å². The van der Waals surface area contributed by atoms with Gasteiger partial charge in [0, 0.05) is 22.3 Å². The quantitative estimate of drug-likeness (QED) is 0.492. The maximum absolute atomic E-state index is 12.9. The normalized spacial score (nSPS) is 13.2. The van der Waals surface area contributed by atoms with E-state index >= 15 is 0 Å². The first-order valence-electron chi connectivity index (χ1n) is 7.97. The Bertz CT molecular complexity index is 1200. The zero-order valence-electron chi connectivity index (χ0n) is 13.1. The van der Waals surface area contributed by atoms with Crippen molar-refractivity contribution in [2.45, 2.75) is 13.0 Å². The molecule has 0 bridgehead atoms. The summed E-state index contributed by atoms with van der Waals surface area (Å²) in [4.78, 5) is 16.4. The summed E-state index contributed by atoms with van der Waals surface area (Å²) in [6, 6.07) is 13.7. The number of aromatic nitrogens is 3. The molecule has 5 heteroatoms. The van der Waals surface area contributed by atoms with Gasteiger partial charge in [-0.15, -0.1) is 0 Å². The molecule has 4 aromatic rings. The van der Waals surface area contributed by atoms with E-state index in [0.717, 1.165) is 44.8 Å². The van der Waals surface area contributed by atoms with Crippen LogP contribution in [0.3, 0.4) is 0 Å². The lowest BCUT2D eigenvalue weighted by Gasteiger charge is -2.16. The third-order valence-electron chi connectivity index (χ3n) is 4.99. The number of nitrogens with one attached hydrogen (secondary N) is 1. The van der Waals surface area contributed by atoms with Gasteiger partial charge in [-0.25, -0.2) is 9.36 Å². The van der Waals surface area contributed by atoms with Gasteiger partial charge in [0.05, 0.1) is 13.6 Å². The number of fused-ring (bicyclic) bond motifs is 6. The van der Waals surface area contributed by atoms with E-state index in [-0.39, 0.29) is 5.56 Å². The maximum Gasteiger partial charge on any atom is 0.345 e. The van der Waals surface area contributed by atoms with Crippen LogP contribution in [0.2, 0.25) is 5.02 Å². The average molecular weight is 337 g/mol. The summed E-state index contributed by atoms with van der Waals surface area (Å²) in [5.41, 5.74) is 4.32. The van der Waals surface area contributed by atoms with Crippen LogP contribution in [0.4, 0.5) is 0 Å². The minimum Gasteiger partial charge on any atom is -0.348 e. The summed E-state index contributed by atoms with van der Waals surface area (Å²) in [7, 11) is 2.02. The van der Waals surface area contributed by atoms with Crippen LogP contribution in [0.5, 0.6) is 0 Å². The second kappa shape index (κ2) is 4.71. The number of nitrogens with zero attached hydrogens (tertiary/aromatic N) is 2. The molecule has 0 saturated carbocycles. The lowest BCUT2D eigenvalue weighted by molar-refractivity contribution is -0.638. The molecule has 24 heavy (non-hydrogen) atoms. The topological polar surface area (TPSA) is 41.7 Å². The SMILES string of the molecule is C[n+]1c2n(c(=O)c3ccccc31)CCc1c-2[nH]c2ccc(Cl)cc12. The number of aromatic amines is 1. The molecule has 0 spiro atoms. The Hall–Kier alpha value is -2.59. The second-order valence-corrected chi connectivity index (χ2v) is 6.71. The molecular formula is C19H15ClN3O+. The van der Waals surface area contributed by atoms with Crippen molar-refractivity contribution in [2.75, 3.05) is 0 Å². The Labute approximate surface area is 142 Å². The lowest BCUT2D eigenvalue weighted by Crippen LogP contribution is -2.43. The van der Waals surface area contributed by atoms with E-state index < -0.39 is 0 Å². The van der Waals surface area contributed by atoms with Gasteiger partial charge in [0.2, 0.25) is 0 Å². The first-order valence-corrected chi connectivity index (χ1v) is 8.35. The number of benzene rings is 2. The van der Waals surface area contributed by atoms with Gasteiger partial charge in [-0.2, -0.15) is 4.57 Å². The van der Waals surface area contributed by atoms with E-state index in [2.05, 4.69) is 9.55 Å². The number of hydrogen-bond acceptors (Lipinski definition) is 1. The number of hydrogen-bond donors (Lipinski definition) is 1. The fourth-order valence-electron chi connectivity index (χ4n) is 3.89. The van der Waals surface area contributed by atoms with Gasteiger partial charge in [-0.1, -0.05) is 23.7 Å². The van der Waals surface area contributed by atoms with Crippen LogP contribution < -0.4 is 10.1 Å². The van der Waals surface area contributed by atoms with E-state index in [9.17, 15) is 4.79 Å². The smallest absolute Gasteiger partial charge is 0.345 e. The van der Waals surface area contributed by atoms with Gasteiger partial charge in [0.15, 0.2) is 0 Å². The third kappa shape index (κ3) is 1.69. The Kier molecular flexibility index (Phi) is 2.71. The lowest BCUT2D eigenvalue weighted by atomic mass is 10.0. The van der Waals surface area contributed by atoms with Gasteiger partial charge < -0.3 is 4.98 Å². The molecule has 1 aliphatic heterocycles. The first-order chi connectivity index (χ1) is 11.6. The van der Waals surface area contributed by atoms with Crippen molar-refractivity contribution in [3.63, 3.8) is 0 Å². The average Bonchev–Trinajstić information content (AvgIpc) is 2.97. The monoisotopic (exact) mass is 336 g/mol. The number of para-hydroxylation sites is 1. The molecule has 4 nitrogen and oxygen atoms in total. The molecule has 0 fully saturated rings. The number of rotatable bonds is 0. The van der Waals surface area contributed by atoms with Crippen molar-refractivity contribution in [2.24, 2.45) is 7.05 Å². The highest BCUT2D eigenvalue weighted by Crippen LogP contribution is 2.33. The third-order valence-corrected chi connectivity index (χ3v) is 5.23. The van der Waals surface area contributed by atoms with Crippen LogP contribution in [0, 0.1) is 0 Å². The van der Waals surface area contributed by atoms with Crippen LogP contribution in [-0.4, -0.2) is 9.55 Å². The standard InChI is InChI=1S/C19H14ClN3O/c1-22-16-5-3-2-4-13(16)19(24)23-9-8-12-14-10-11(20)6-7-15(14)21-17(12)18(22)23/h2-7,10H,8-9H2,1H3/p+1. The van der Waals surface area contributed by atoms with Crippen molar-refractivity contribution in [1.82, 2.24) is 9.55 Å². The van der Waals surface area contributed by atoms with Gasteiger partial charge >= 0.3 is 11.4 Å². The molecule has 118 valence electrons. The number of halogens is 1. The molecule has 1 aliphatic rings. The van der Waals surface area contributed by atoms with Gasteiger partial charge in [-0.3, -0.25) is 0 Å². The Morgan fingerprint density at radius 2 is 2.00 bits per heavy atom. The Morgan fingerprint density at radius 1 is 1.17 bits per heavy atom. The molecule has 0 unspecified atom stereocenters. The van der Waals surface area contributed by atoms with Crippen molar-refractivity contribution in [3.8, 4) is 11.5 Å². The molecule has 0 amide bonds. The van der Waals surface area contributed by atoms with E-state index in [1.54, 1.807) is 0 Å². The zero-order chi connectivity index (χ0) is 16.4. The highest BCUT2D eigenvalue weighted by Gasteiger charge is 2.31. The predicted molar refractivity (Wildman–Crippen MR) is 95.4 cm³/mol. The summed E-state index contributed by atoms with van der Waals surface area (Å²) in [5, 5.41) is 2.63. The van der Waals surface area contributed by atoms with Crippen molar-refractivity contribution in [3.05, 3.63) is 63.4 Å². The highest BCUT2D eigenvalue weighted by atomic mass is 35.5. The van der Waals surface area contributed by atoms with Gasteiger partial charge in [0.1, 0.15) is 16.6 Å². The molecular weight excluding hydrogens is 322 g/mol. The summed E-state index contributed by atoms with van der Waals surface area (Å²) in [6.07, 6.45) is 0.820. The predicted octanol–water partition coefficient (Wildman–Crippen LogP) is 3.18. The first kappa shape index (κ1) is 13.8. The molecule has 1 N–H and O–H groups in total. The highest BCUT2D eigenvalue weighted by molar-refractivity contribution is 6.31. The minimum atomic E-state index is 0.0704. The van der Waals surface area contributed by atoms with Crippen LogP contribution >= 0.6 is 11.6 Å². The summed E-state index contributed by atoms with van der Waals surface area (Å²) in [5.74, 6) is 0.923. The largest absolute Gasteiger partial charge is 0.348 e. The molecule has 5 rings (SSSR count). The molecule has 2 aromatic heterocycles. The Balaban J connectivity index is 1.95. The van der Waals surface area contributed by atoms with Crippen LogP contribution in [0.25, 0.3) is 33.3 Å². The molecule has 0 saturated heterocycles. The number of aryl methyl sites for hydroxylation is 2. The number of H-pyrrole nitrogens is 1. The zero-order valence-corrected chi connectivity index (χ0v) is 13.9. The molecule has 2 aromatic carbocycles. The molecule has 0 aliphatic carbocycles. The van der Waals surface area contributed by atoms with Gasteiger partial charge in [0.25, 0.3) is 0 Å². The van der Waals surface area contributed by atoms with Gasteiger partial charge in [-0.05, 0) is 35.9 Å². The summed E-state index contributed by atoms with van der Waals surface area (Å²) >= 11 is 6.18. The van der Waals surface area contributed by atoms with Crippen LogP contribution in [0.15, 0.2) is 47.3 Å². The van der Waals surface area contributed by atoms with Crippen molar-refractivity contribution < 1.29 is 4.57 Å². The van der Waals surface area contributed by atoms with Crippen LogP contribution in [0.1, 0.15) is 5.56 Å². The Morgan fingerprint density at radius 3 is 2.88 bits per heavy atom. The molecule has 0 atom stereocenters. The fourth-order valence-corrected chi connectivity index (χ4v) is 4.06.